The summed E-state index contributed by atoms with van der Waals surface area (Å²) in [5, 5.41) is 2.71. The van der Waals surface area contributed by atoms with Gasteiger partial charge in [0.05, 0.1) is 0 Å². The topological polar surface area (TPSA) is 49.4 Å². The molecule has 4 nitrogen and oxygen atoms in total. The molecule has 0 aliphatic rings. The first kappa shape index (κ1) is 22.7. The van der Waals surface area contributed by atoms with Gasteiger partial charge in [-0.3, -0.25) is 9.59 Å². The molecule has 4 heteroatoms. The molecule has 2 aromatic rings. The third-order valence-electron chi connectivity index (χ3n) is 5.34. The molecule has 0 aromatic heterocycles. The highest BCUT2D eigenvalue weighted by Gasteiger charge is 2.27. The van der Waals surface area contributed by atoms with Crippen LogP contribution < -0.4 is 5.32 Å². The van der Waals surface area contributed by atoms with Crippen LogP contribution in [0.3, 0.4) is 0 Å². The molecule has 1 unspecified atom stereocenters. The van der Waals surface area contributed by atoms with Crippen molar-refractivity contribution in [2.75, 3.05) is 7.05 Å². The minimum absolute atomic E-state index is 0.00916. The van der Waals surface area contributed by atoms with Gasteiger partial charge in [-0.15, -0.1) is 0 Å². The summed E-state index contributed by atoms with van der Waals surface area (Å²) in [6.45, 7) is 8.77. The Bertz CT molecular complexity index is 812. The van der Waals surface area contributed by atoms with Crippen LogP contribution >= 0.6 is 0 Å². The summed E-state index contributed by atoms with van der Waals surface area (Å²) >= 11 is 0. The Morgan fingerprint density at radius 1 is 1.03 bits per heavy atom. The second kappa shape index (κ2) is 10.8. The maximum atomic E-state index is 13.1. The van der Waals surface area contributed by atoms with Gasteiger partial charge in [-0.2, -0.15) is 0 Å². The lowest BCUT2D eigenvalue weighted by Crippen LogP contribution is -2.48. The van der Waals surface area contributed by atoms with E-state index in [0.29, 0.717) is 31.7 Å². The van der Waals surface area contributed by atoms with Crippen molar-refractivity contribution in [2.45, 2.75) is 65.5 Å². The molecule has 0 fully saturated rings. The summed E-state index contributed by atoms with van der Waals surface area (Å²) in [6, 6.07) is 16.1. The molecule has 1 atom stereocenters. The fraction of sp³-hybridized carbons (Fsp3) is 0.440. The number of rotatable bonds is 9. The Balaban J connectivity index is 2.15. The number of hydrogen-bond acceptors (Lipinski definition) is 2. The number of aryl methyl sites for hydroxylation is 2. The third kappa shape index (κ3) is 6.45. The van der Waals surface area contributed by atoms with Crippen molar-refractivity contribution in [3.8, 4) is 0 Å². The quantitative estimate of drug-likeness (QED) is 0.675. The second-order valence-electron chi connectivity index (χ2n) is 7.95. The average molecular weight is 395 g/mol. The van der Waals surface area contributed by atoms with Crippen molar-refractivity contribution in [2.24, 2.45) is 0 Å². The second-order valence-corrected chi connectivity index (χ2v) is 7.95. The molecule has 0 bridgehead atoms. The van der Waals surface area contributed by atoms with Gasteiger partial charge in [-0.1, -0.05) is 74.9 Å². The maximum absolute atomic E-state index is 13.1. The van der Waals surface area contributed by atoms with E-state index in [2.05, 4.69) is 49.5 Å². The first-order chi connectivity index (χ1) is 13.8. The van der Waals surface area contributed by atoms with Gasteiger partial charge in [0.15, 0.2) is 0 Å². The number of carbonyl (C=O) groups excluding carboxylic acids is 2. The predicted molar refractivity (Wildman–Crippen MR) is 119 cm³/mol. The summed E-state index contributed by atoms with van der Waals surface area (Å²) in [5.41, 5.74) is 4.63. The molecule has 2 amide bonds. The van der Waals surface area contributed by atoms with E-state index in [4.69, 9.17) is 0 Å². The molecule has 2 aromatic carbocycles. The number of amides is 2. The Hall–Kier alpha value is -2.62. The minimum Gasteiger partial charge on any atom is -0.357 e. The van der Waals surface area contributed by atoms with Crippen LogP contribution in [0.15, 0.2) is 48.5 Å². The van der Waals surface area contributed by atoms with Crippen LogP contribution in [0.25, 0.3) is 0 Å². The summed E-state index contributed by atoms with van der Waals surface area (Å²) in [7, 11) is 1.62. The molecular formula is C25H34N2O2. The van der Waals surface area contributed by atoms with Crippen LogP contribution in [0, 0.1) is 6.92 Å². The van der Waals surface area contributed by atoms with Crippen molar-refractivity contribution in [1.29, 1.82) is 0 Å². The number of carbonyl (C=O) groups is 2. The first-order valence-corrected chi connectivity index (χ1v) is 10.5. The molecule has 0 saturated heterocycles. The summed E-state index contributed by atoms with van der Waals surface area (Å²) in [6.07, 6.45) is 1.65. The van der Waals surface area contributed by atoms with Gasteiger partial charge < -0.3 is 10.2 Å². The largest absolute Gasteiger partial charge is 0.357 e. The highest BCUT2D eigenvalue weighted by Crippen LogP contribution is 2.18. The summed E-state index contributed by atoms with van der Waals surface area (Å²) in [4.78, 5) is 27.3. The van der Waals surface area contributed by atoms with Crippen molar-refractivity contribution < 1.29 is 9.59 Å². The third-order valence-corrected chi connectivity index (χ3v) is 5.34. The molecule has 2 rings (SSSR count). The minimum atomic E-state index is -0.462. The van der Waals surface area contributed by atoms with Gasteiger partial charge in [0.2, 0.25) is 11.8 Å². The van der Waals surface area contributed by atoms with E-state index in [1.165, 1.54) is 5.56 Å². The lowest BCUT2D eigenvalue weighted by Gasteiger charge is -2.30. The van der Waals surface area contributed by atoms with Crippen LogP contribution in [0.2, 0.25) is 0 Å². The number of nitrogens with one attached hydrogen (secondary N) is 1. The molecule has 0 heterocycles. The van der Waals surface area contributed by atoms with Crippen molar-refractivity contribution >= 4 is 11.8 Å². The zero-order valence-corrected chi connectivity index (χ0v) is 18.4. The highest BCUT2D eigenvalue weighted by molar-refractivity contribution is 5.87. The van der Waals surface area contributed by atoms with Crippen LogP contribution in [0.4, 0.5) is 0 Å². The maximum Gasteiger partial charge on any atom is 0.242 e. The molecule has 0 radical (unpaired) electrons. The fourth-order valence-electron chi connectivity index (χ4n) is 3.56. The molecule has 0 spiro atoms. The van der Waals surface area contributed by atoms with Gasteiger partial charge >= 0.3 is 0 Å². The lowest BCUT2D eigenvalue weighted by atomic mass is 10.00. The monoisotopic (exact) mass is 394 g/mol. The molecule has 1 N–H and O–H groups in total. The van der Waals surface area contributed by atoms with Gasteiger partial charge in [-0.05, 0) is 42.4 Å². The van der Waals surface area contributed by atoms with E-state index in [0.717, 1.165) is 16.7 Å². The standard InChI is InChI=1S/C25H34N2O2/c1-6-23(25(29)26-5)27(17-21-9-7-8-19(4)16-21)24(28)15-12-20-10-13-22(14-11-20)18(2)3/h7-11,13-14,16,18,23H,6,12,15,17H2,1-5H3,(H,26,29). The number of nitrogens with zero attached hydrogens (tertiary/aromatic N) is 1. The SMILES string of the molecule is CCC(C(=O)NC)N(Cc1cccc(C)c1)C(=O)CCc1ccc(C(C)C)cc1. The summed E-state index contributed by atoms with van der Waals surface area (Å²) < 4.78 is 0. The van der Waals surface area contributed by atoms with Gasteiger partial charge in [0.25, 0.3) is 0 Å². The van der Waals surface area contributed by atoms with Gasteiger partial charge in [0.1, 0.15) is 6.04 Å². The van der Waals surface area contributed by atoms with Crippen LogP contribution in [0.5, 0.6) is 0 Å². The normalized spacial score (nSPS) is 11.9. The van der Waals surface area contributed by atoms with Crippen LogP contribution in [0.1, 0.15) is 61.8 Å². The average Bonchev–Trinajstić information content (AvgIpc) is 2.71. The molecular weight excluding hydrogens is 360 g/mol. The van der Waals surface area contributed by atoms with E-state index in [-0.39, 0.29) is 11.8 Å². The van der Waals surface area contributed by atoms with E-state index >= 15 is 0 Å². The predicted octanol–water partition coefficient (Wildman–Crippen LogP) is 4.60. The molecule has 29 heavy (non-hydrogen) atoms. The van der Waals surface area contributed by atoms with E-state index < -0.39 is 6.04 Å². The zero-order chi connectivity index (χ0) is 21.4. The van der Waals surface area contributed by atoms with E-state index in [9.17, 15) is 9.59 Å². The molecule has 0 aliphatic carbocycles. The van der Waals surface area contributed by atoms with Crippen molar-refractivity contribution in [1.82, 2.24) is 10.2 Å². The Morgan fingerprint density at radius 2 is 1.72 bits per heavy atom. The van der Waals surface area contributed by atoms with E-state index in [1.807, 2.05) is 32.0 Å². The fourth-order valence-corrected chi connectivity index (χ4v) is 3.56. The first-order valence-electron chi connectivity index (χ1n) is 10.5. The van der Waals surface area contributed by atoms with Gasteiger partial charge in [-0.25, -0.2) is 0 Å². The number of hydrogen-bond donors (Lipinski definition) is 1. The molecule has 156 valence electrons. The zero-order valence-electron chi connectivity index (χ0n) is 18.4. The van der Waals surface area contributed by atoms with Crippen molar-refractivity contribution in [3.63, 3.8) is 0 Å². The van der Waals surface area contributed by atoms with Crippen molar-refractivity contribution in [3.05, 3.63) is 70.8 Å². The van der Waals surface area contributed by atoms with E-state index in [1.54, 1.807) is 11.9 Å². The number of benzene rings is 2. The highest BCUT2D eigenvalue weighted by atomic mass is 16.2. The van der Waals surface area contributed by atoms with Gasteiger partial charge in [0, 0.05) is 20.0 Å². The smallest absolute Gasteiger partial charge is 0.242 e. The lowest BCUT2D eigenvalue weighted by molar-refractivity contribution is -0.141. The molecule has 0 saturated carbocycles. The molecule has 0 aliphatic heterocycles. The Morgan fingerprint density at radius 3 is 2.28 bits per heavy atom. The van der Waals surface area contributed by atoms with Crippen LogP contribution in [-0.2, 0) is 22.6 Å². The number of likely N-dealkylation sites (N-methyl/N-ethyl adjacent to an activating group) is 1. The Labute approximate surface area is 175 Å². The Kier molecular flexibility index (Phi) is 8.44. The summed E-state index contributed by atoms with van der Waals surface area (Å²) in [5.74, 6) is 0.387. The van der Waals surface area contributed by atoms with Crippen LogP contribution in [-0.4, -0.2) is 29.8 Å².